The summed E-state index contributed by atoms with van der Waals surface area (Å²) in [5, 5.41) is 4.85. The van der Waals surface area contributed by atoms with Gasteiger partial charge in [-0.1, -0.05) is 28.9 Å². The normalized spacial score (nSPS) is 14.8. The lowest BCUT2D eigenvalue weighted by molar-refractivity contribution is 0.0731. The van der Waals surface area contributed by atoms with E-state index in [4.69, 9.17) is 16.1 Å². The van der Waals surface area contributed by atoms with Crippen LogP contribution in [0.1, 0.15) is 42.3 Å². The van der Waals surface area contributed by atoms with Crippen molar-refractivity contribution in [1.29, 1.82) is 0 Å². The van der Waals surface area contributed by atoms with Crippen LogP contribution in [0.4, 0.5) is 5.69 Å². The third-order valence-corrected chi connectivity index (χ3v) is 6.65. The molecule has 8 heteroatoms. The summed E-state index contributed by atoms with van der Waals surface area (Å²) in [4.78, 5) is 41.5. The van der Waals surface area contributed by atoms with E-state index in [2.05, 4.69) is 5.16 Å². The molecule has 2 aliphatic rings. The van der Waals surface area contributed by atoms with Gasteiger partial charge in [0.25, 0.3) is 17.7 Å². The summed E-state index contributed by atoms with van der Waals surface area (Å²) in [5.74, 6) is -0.179. The lowest BCUT2D eigenvalue weighted by atomic mass is 10.00. The first kappa shape index (κ1) is 21.3. The second kappa shape index (κ2) is 8.21. The van der Waals surface area contributed by atoms with Gasteiger partial charge in [0.05, 0.1) is 23.4 Å². The molecule has 0 atom stereocenters. The minimum Gasteiger partial charge on any atom is -0.356 e. The Bertz CT molecular complexity index is 1460. The quantitative estimate of drug-likeness (QED) is 0.383. The molecule has 172 valence electrons. The molecule has 3 amide bonds. The van der Waals surface area contributed by atoms with Crippen LogP contribution in [0.25, 0.3) is 11.3 Å². The smallest absolute Gasteiger partial charge is 0.266 e. The predicted octanol–water partition coefficient (Wildman–Crippen LogP) is 4.99. The molecule has 0 N–H and O–H groups in total. The highest BCUT2D eigenvalue weighted by molar-refractivity contribution is 6.34. The molecule has 0 aliphatic carbocycles. The highest BCUT2D eigenvalue weighted by Crippen LogP contribution is 2.32. The number of carbonyl (C=O) groups excluding carboxylic acids is 3. The summed E-state index contributed by atoms with van der Waals surface area (Å²) < 4.78 is 5.60. The lowest BCUT2D eigenvalue weighted by Crippen LogP contribution is -2.36. The highest BCUT2D eigenvalue weighted by Gasteiger charge is 2.36. The number of amides is 3. The fourth-order valence-corrected chi connectivity index (χ4v) is 4.72. The summed E-state index contributed by atoms with van der Waals surface area (Å²) >= 11 is 5.98. The second-order valence-electron chi connectivity index (χ2n) is 8.46. The van der Waals surface area contributed by atoms with Gasteiger partial charge in [0.2, 0.25) is 0 Å². The number of rotatable bonds is 3. The maximum absolute atomic E-state index is 13.2. The van der Waals surface area contributed by atoms with Crippen molar-refractivity contribution in [2.75, 3.05) is 11.4 Å². The second-order valence-corrected chi connectivity index (χ2v) is 8.90. The Morgan fingerprint density at radius 2 is 1.54 bits per heavy atom. The molecule has 0 fully saturated rings. The predicted molar refractivity (Wildman–Crippen MR) is 129 cm³/mol. The Labute approximate surface area is 205 Å². The minimum atomic E-state index is -0.365. The van der Waals surface area contributed by atoms with Crippen LogP contribution in [0.15, 0.2) is 77.3 Å². The van der Waals surface area contributed by atoms with Crippen molar-refractivity contribution in [2.24, 2.45) is 0 Å². The van der Waals surface area contributed by atoms with E-state index in [1.54, 1.807) is 65.6 Å². The van der Waals surface area contributed by atoms with Crippen molar-refractivity contribution in [3.05, 3.63) is 106 Å². The largest absolute Gasteiger partial charge is 0.356 e. The fourth-order valence-electron chi connectivity index (χ4n) is 4.59. The maximum Gasteiger partial charge on any atom is 0.266 e. The Morgan fingerprint density at radius 3 is 2.20 bits per heavy atom. The van der Waals surface area contributed by atoms with E-state index < -0.39 is 0 Å². The van der Waals surface area contributed by atoms with Crippen LogP contribution >= 0.6 is 11.6 Å². The van der Waals surface area contributed by atoms with Gasteiger partial charge < -0.3 is 9.42 Å². The molecule has 0 unspecified atom stereocenters. The molecule has 0 saturated carbocycles. The first-order valence-electron chi connectivity index (χ1n) is 11.1. The first-order valence-corrected chi connectivity index (χ1v) is 11.5. The minimum absolute atomic E-state index is 0.152. The van der Waals surface area contributed by atoms with E-state index in [-0.39, 0.29) is 17.7 Å². The molecule has 35 heavy (non-hydrogen) atoms. The molecule has 6 rings (SSSR count). The zero-order valence-electron chi connectivity index (χ0n) is 18.4. The number of hydrogen-bond acceptors (Lipinski definition) is 5. The van der Waals surface area contributed by atoms with Crippen molar-refractivity contribution < 1.29 is 18.9 Å². The molecule has 0 radical (unpaired) electrons. The third-order valence-electron chi connectivity index (χ3n) is 6.40. The number of hydrogen-bond donors (Lipinski definition) is 0. The number of imide groups is 1. The summed E-state index contributed by atoms with van der Waals surface area (Å²) in [7, 11) is 0. The van der Waals surface area contributed by atoms with Crippen molar-refractivity contribution in [1.82, 2.24) is 10.1 Å². The summed E-state index contributed by atoms with van der Waals surface area (Å²) in [5.41, 5.74) is 4.29. The van der Waals surface area contributed by atoms with Crippen LogP contribution in [0.3, 0.4) is 0 Å². The van der Waals surface area contributed by atoms with Gasteiger partial charge in [-0.3, -0.25) is 14.4 Å². The molecule has 3 aromatic carbocycles. The van der Waals surface area contributed by atoms with E-state index in [1.165, 1.54) is 0 Å². The molecule has 4 aromatic rings. The van der Waals surface area contributed by atoms with Crippen molar-refractivity contribution in [3.63, 3.8) is 0 Å². The van der Waals surface area contributed by atoms with Gasteiger partial charge >= 0.3 is 0 Å². The van der Waals surface area contributed by atoms with E-state index >= 15 is 0 Å². The zero-order valence-corrected chi connectivity index (χ0v) is 19.2. The SMILES string of the molecule is O=C(c1ccc(N2C(=O)c3ccccc3C2=O)cc1)N1CCc2c(noc2-c2ccc(Cl)cc2)C1. The molecule has 0 bridgehead atoms. The van der Waals surface area contributed by atoms with Gasteiger partial charge in [0.15, 0.2) is 5.76 Å². The standard InChI is InChI=1S/C27H18ClN3O4/c28-18-9-5-16(6-10-18)24-22-13-14-30(15-23(22)29-35-24)25(32)17-7-11-19(12-8-17)31-26(33)20-3-1-2-4-21(20)27(31)34/h1-12H,13-15H2. The van der Waals surface area contributed by atoms with Gasteiger partial charge in [-0.25, -0.2) is 4.90 Å². The zero-order chi connectivity index (χ0) is 24.1. The monoisotopic (exact) mass is 483 g/mol. The van der Waals surface area contributed by atoms with E-state index in [0.29, 0.717) is 52.7 Å². The maximum atomic E-state index is 13.2. The van der Waals surface area contributed by atoms with Crippen molar-refractivity contribution in [3.8, 4) is 11.3 Å². The van der Waals surface area contributed by atoms with Gasteiger partial charge in [-0.15, -0.1) is 0 Å². The van der Waals surface area contributed by atoms with E-state index in [1.807, 2.05) is 12.1 Å². The molecule has 3 heterocycles. The van der Waals surface area contributed by atoms with Gasteiger partial charge in [-0.05, 0) is 67.1 Å². The third kappa shape index (κ3) is 3.52. The number of fused-ring (bicyclic) bond motifs is 2. The number of benzene rings is 3. The first-order chi connectivity index (χ1) is 17.0. The van der Waals surface area contributed by atoms with Crippen LogP contribution < -0.4 is 4.90 Å². The number of aromatic nitrogens is 1. The average Bonchev–Trinajstić information content (AvgIpc) is 3.43. The molecular formula is C27H18ClN3O4. The molecule has 0 spiro atoms. The van der Waals surface area contributed by atoms with Crippen molar-refractivity contribution >= 4 is 35.0 Å². The number of halogens is 1. The van der Waals surface area contributed by atoms with Crippen LogP contribution in [0.2, 0.25) is 5.02 Å². The van der Waals surface area contributed by atoms with Crippen LogP contribution in [0, 0.1) is 0 Å². The van der Waals surface area contributed by atoms with E-state index in [9.17, 15) is 14.4 Å². The Morgan fingerprint density at radius 1 is 0.886 bits per heavy atom. The Balaban J connectivity index is 1.19. The number of nitrogens with zero attached hydrogens (tertiary/aromatic N) is 3. The average molecular weight is 484 g/mol. The van der Waals surface area contributed by atoms with Gasteiger partial charge in [0, 0.05) is 28.3 Å². The van der Waals surface area contributed by atoms with Crippen LogP contribution in [-0.4, -0.2) is 34.3 Å². The van der Waals surface area contributed by atoms with Gasteiger partial charge in [-0.2, -0.15) is 0 Å². The molecule has 0 saturated heterocycles. The highest BCUT2D eigenvalue weighted by atomic mass is 35.5. The molecule has 1 aromatic heterocycles. The molecule has 7 nitrogen and oxygen atoms in total. The topological polar surface area (TPSA) is 83.7 Å². The van der Waals surface area contributed by atoms with E-state index in [0.717, 1.165) is 21.7 Å². The van der Waals surface area contributed by atoms with Gasteiger partial charge in [0.1, 0.15) is 5.69 Å². The molecule has 2 aliphatic heterocycles. The van der Waals surface area contributed by atoms with Crippen LogP contribution in [-0.2, 0) is 13.0 Å². The summed E-state index contributed by atoms with van der Waals surface area (Å²) in [6, 6.07) is 20.6. The van der Waals surface area contributed by atoms with Crippen LogP contribution in [0.5, 0.6) is 0 Å². The van der Waals surface area contributed by atoms with Crippen molar-refractivity contribution in [2.45, 2.75) is 13.0 Å². The lowest BCUT2D eigenvalue weighted by Gasteiger charge is -2.26. The fraction of sp³-hybridized carbons (Fsp3) is 0.111. The number of carbonyl (C=O) groups is 3. The Kier molecular flexibility index (Phi) is 5.00. The number of anilines is 1. The molecular weight excluding hydrogens is 466 g/mol. The summed E-state index contributed by atoms with van der Waals surface area (Å²) in [6.45, 7) is 0.860. The Hall–Kier alpha value is -4.23. The summed E-state index contributed by atoms with van der Waals surface area (Å²) in [6.07, 6.45) is 0.621.